The number of rotatable bonds is 4. The molecule has 0 aliphatic heterocycles. The summed E-state index contributed by atoms with van der Waals surface area (Å²) in [5.74, 6) is 0.888. The Morgan fingerprint density at radius 3 is 2.72 bits per heavy atom. The number of aromatic nitrogens is 1. The molecule has 0 spiro atoms. The van der Waals surface area contributed by atoms with E-state index in [-0.39, 0.29) is 12.1 Å². The Balaban J connectivity index is 2.07. The molecule has 1 saturated carbocycles. The molecule has 1 heterocycles. The topological polar surface area (TPSA) is 49.5 Å². The number of aryl methyl sites for hydroxylation is 1. The molecule has 4 heteroatoms. The van der Waals surface area contributed by atoms with Crippen molar-refractivity contribution in [3.8, 4) is 0 Å². The van der Waals surface area contributed by atoms with Gasteiger partial charge >= 0.3 is 0 Å². The highest BCUT2D eigenvalue weighted by Gasteiger charge is 2.30. The van der Waals surface area contributed by atoms with Gasteiger partial charge in [0.1, 0.15) is 0 Å². The van der Waals surface area contributed by atoms with Gasteiger partial charge < -0.3 is 9.63 Å². The van der Waals surface area contributed by atoms with Crippen molar-refractivity contribution in [2.45, 2.75) is 71.2 Å². The van der Waals surface area contributed by atoms with E-state index in [0.29, 0.717) is 6.04 Å². The molecule has 1 N–H and O–H groups in total. The van der Waals surface area contributed by atoms with E-state index in [9.17, 15) is 5.11 Å². The molecular formula is C14H24N2O2. The maximum Gasteiger partial charge on any atom is 0.150 e. The summed E-state index contributed by atoms with van der Waals surface area (Å²) >= 11 is 0. The molecule has 0 amide bonds. The highest BCUT2D eigenvalue weighted by molar-refractivity contribution is 5.03. The quantitative estimate of drug-likeness (QED) is 0.894. The molecule has 0 radical (unpaired) electrons. The van der Waals surface area contributed by atoms with Crippen LogP contribution in [0.5, 0.6) is 0 Å². The van der Waals surface area contributed by atoms with E-state index in [1.54, 1.807) is 0 Å². The lowest BCUT2D eigenvalue weighted by Gasteiger charge is -2.39. The maximum absolute atomic E-state index is 10.2. The average Bonchev–Trinajstić information content (AvgIpc) is 2.73. The SMILES string of the molecule is Cc1cc(CN(C(C)C)[C@H]2CCCC[C@H]2O)on1. The first-order valence-electron chi connectivity index (χ1n) is 6.94. The van der Waals surface area contributed by atoms with Crippen LogP contribution in [-0.2, 0) is 6.54 Å². The molecule has 1 aliphatic carbocycles. The van der Waals surface area contributed by atoms with Crippen molar-refractivity contribution in [2.24, 2.45) is 0 Å². The van der Waals surface area contributed by atoms with Gasteiger partial charge in [0.25, 0.3) is 0 Å². The molecule has 1 aromatic rings. The molecule has 1 aromatic heterocycles. The van der Waals surface area contributed by atoms with Crippen LogP contribution in [0, 0.1) is 6.92 Å². The molecule has 0 aromatic carbocycles. The average molecular weight is 252 g/mol. The first-order chi connectivity index (χ1) is 8.58. The van der Waals surface area contributed by atoms with Crippen LogP contribution in [0.2, 0.25) is 0 Å². The Morgan fingerprint density at radius 1 is 1.44 bits per heavy atom. The molecule has 0 saturated heterocycles. The predicted octanol–water partition coefficient (Wildman–Crippen LogP) is 2.50. The Labute approximate surface area is 109 Å². The van der Waals surface area contributed by atoms with E-state index < -0.39 is 0 Å². The van der Waals surface area contributed by atoms with Crippen molar-refractivity contribution >= 4 is 0 Å². The fraction of sp³-hybridized carbons (Fsp3) is 0.786. The van der Waals surface area contributed by atoms with Crippen LogP contribution in [0.1, 0.15) is 51.0 Å². The van der Waals surface area contributed by atoms with Gasteiger partial charge in [-0.25, -0.2) is 0 Å². The lowest BCUT2D eigenvalue weighted by molar-refractivity contribution is -0.00339. The van der Waals surface area contributed by atoms with Crippen molar-refractivity contribution < 1.29 is 9.63 Å². The molecule has 2 rings (SSSR count). The summed E-state index contributed by atoms with van der Waals surface area (Å²) in [6, 6.07) is 2.63. The van der Waals surface area contributed by atoms with Gasteiger partial charge in [-0.05, 0) is 33.6 Å². The van der Waals surface area contributed by atoms with Gasteiger partial charge in [0.15, 0.2) is 5.76 Å². The summed E-state index contributed by atoms with van der Waals surface area (Å²) in [6.45, 7) is 7.01. The standard InChI is InChI=1S/C14H24N2O2/c1-10(2)16(9-12-8-11(3)15-18-12)13-6-4-5-7-14(13)17/h8,10,13-14,17H,4-7,9H2,1-3H3/t13-,14+/m0/s1. The smallest absolute Gasteiger partial charge is 0.150 e. The second kappa shape index (κ2) is 5.85. The molecule has 18 heavy (non-hydrogen) atoms. The molecule has 2 atom stereocenters. The number of hydrogen-bond donors (Lipinski definition) is 1. The van der Waals surface area contributed by atoms with E-state index in [4.69, 9.17) is 4.52 Å². The maximum atomic E-state index is 10.2. The highest BCUT2D eigenvalue weighted by Crippen LogP contribution is 2.26. The molecular weight excluding hydrogens is 228 g/mol. The van der Waals surface area contributed by atoms with Gasteiger partial charge in [-0.15, -0.1) is 0 Å². The van der Waals surface area contributed by atoms with Crippen LogP contribution >= 0.6 is 0 Å². The van der Waals surface area contributed by atoms with Gasteiger partial charge in [0.2, 0.25) is 0 Å². The predicted molar refractivity (Wildman–Crippen MR) is 70.2 cm³/mol. The fourth-order valence-corrected chi connectivity index (χ4v) is 2.83. The summed E-state index contributed by atoms with van der Waals surface area (Å²) in [6.07, 6.45) is 4.14. The van der Waals surface area contributed by atoms with Crippen molar-refractivity contribution in [3.63, 3.8) is 0 Å². The van der Waals surface area contributed by atoms with Gasteiger partial charge in [0, 0.05) is 18.2 Å². The van der Waals surface area contributed by atoms with Crippen LogP contribution in [0.25, 0.3) is 0 Å². The van der Waals surface area contributed by atoms with E-state index >= 15 is 0 Å². The number of hydrogen-bond acceptors (Lipinski definition) is 4. The van der Waals surface area contributed by atoms with Crippen molar-refractivity contribution in [1.29, 1.82) is 0 Å². The monoisotopic (exact) mass is 252 g/mol. The van der Waals surface area contributed by atoms with Crippen molar-refractivity contribution in [3.05, 3.63) is 17.5 Å². The lowest BCUT2D eigenvalue weighted by Crippen LogP contribution is -2.48. The minimum atomic E-state index is -0.204. The fourth-order valence-electron chi connectivity index (χ4n) is 2.83. The van der Waals surface area contributed by atoms with Crippen molar-refractivity contribution in [2.75, 3.05) is 0 Å². The Kier molecular flexibility index (Phi) is 4.40. The zero-order chi connectivity index (χ0) is 13.1. The Bertz CT molecular complexity index is 376. The third-order valence-corrected chi connectivity index (χ3v) is 3.80. The molecule has 0 unspecified atom stereocenters. The lowest BCUT2D eigenvalue weighted by atomic mass is 9.90. The van der Waals surface area contributed by atoms with Gasteiger partial charge in [-0.3, -0.25) is 4.90 Å². The van der Waals surface area contributed by atoms with Crippen LogP contribution in [0.4, 0.5) is 0 Å². The minimum Gasteiger partial charge on any atom is -0.391 e. The summed E-state index contributed by atoms with van der Waals surface area (Å²) in [4.78, 5) is 2.34. The van der Waals surface area contributed by atoms with Crippen molar-refractivity contribution in [1.82, 2.24) is 10.1 Å². The molecule has 1 fully saturated rings. The Morgan fingerprint density at radius 2 is 2.17 bits per heavy atom. The van der Waals surface area contributed by atoms with Crippen LogP contribution < -0.4 is 0 Å². The van der Waals surface area contributed by atoms with E-state index in [0.717, 1.165) is 37.3 Å². The second-order valence-corrected chi connectivity index (χ2v) is 5.62. The normalized spacial score (nSPS) is 25.0. The first-order valence-corrected chi connectivity index (χ1v) is 6.94. The van der Waals surface area contributed by atoms with Crippen LogP contribution in [0.15, 0.2) is 10.6 Å². The zero-order valence-corrected chi connectivity index (χ0v) is 11.6. The Hall–Kier alpha value is -0.870. The summed E-state index contributed by atoms with van der Waals surface area (Å²) in [5.41, 5.74) is 0.915. The molecule has 0 bridgehead atoms. The zero-order valence-electron chi connectivity index (χ0n) is 11.6. The summed E-state index contributed by atoms with van der Waals surface area (Å²) in [5, 5.41) is 14.1. The molecule has 4 nitrogen and oxygen atoms in total. The largest absolute Gasteiger partial charge is 0.391 e. The number of aliphatic hydroxyl groups is 1. The van der Waals surface area contributed by atoms with Gasteiger partial charge in [-0.2, -0.15) is 0 Å². The summed E-state index contributed by atoms with van der Waals surface area (Å²) < 4.78 is 5.30. The number of aliphatic hydroxyl groups excluding tert-OH is 1. The molecule has 1 aliphatic rings. The second-order valence-electron chi connectivity index (χ2n) is 5.62. The van der Waals surface area contributed by atoms with E-state index in [2.05, 4.69) is 23.9 Å². The third kappa shape index (κ3) is 3.12. The number of nitrogens with zero attached hydrogens (tertiary/aromatic N) is 2. The highest BCUT2D eigenvalue weighted by atomic mass is 16.5. The van der Waals surface area contributed by atoms with Gasteiger partial charge in [-0.1, -0.05) is 18.0 Å². The summed E-state index contributed by atoms with van der Waals surface area (Å²) in [7, 11) is 0. The minimum absolute atomic E-state index is 0.204. The molecule has 102 valence electrons. The van der Waals surface area contributed by atoms with Gasteiger partial charge in [0.05, 0.1) is 18.3 Å². The first kappa shape index (κ1) is 13.6. The third-order valence-electron chi connectivity index (χ3n) is 3.80. The van der Waals surface area contributed by atoms with Crippen LogP contribution in [0.3, 0.4) is 0 Å². The van der Waals surface area contributed by atoms with E-state index in [1.165, 1.54) is 6.42 Å². The van der Waals surface area contributed by atoms with Crippen LogP contribution in [-0.4, -0.2) is 33.4 Å². The van der Waals surface area contributed by atoms with E-state index in [1.807, 2.05) is 13.0 Å².